The fraction of sp³-hybridized carbons (Fsp3) is 0.462. The summed E-state index contributed by atoms with van der Waals surface area (Å²) >= 11 is 0. The van der Waals surface area contributed by atoms with Crippen LogP contribution in [0.5, 0.6) is 5.75 Å². The first-order valence-electron chi connectivity index (χ1n) is 11.9. The number of aromatic nitrogens is 3. The molecule has 5 nitrogen and oxygen atoms in total. The fourth-order valence-corrected chi connectivity index (χ4v) is 4.32. The van der Waals surface area contributed by atoms with Crippen molar-refractivity contribution in [3.63, 3.8) is 0 Å². The van der Waals surface area contributed by atoms with Gasteiger partial charge in [0.05, 0.1) is 18.0 Å². The van der Waals surface area contributed by atoms with Crippen LogP contribution in [0.3, 0.4) is 0 Å². The Balaban J connectivity index is 1.82. The molecule has 0 radical (unpaired) electrons. The fourth-order valence-electron chi connectivity index (χ4n) is 3.56. The van der Waals surface area contributed by atoms with E-state index in [1.165, 1.54) is 6.92 Å². The van der Waals surface area contributed by atoms with E-state index in [1.807, 2.05) is 24.3 Å². The largest absolute Gasteiger partial charge is 0.494 e. The first kappa shape index (κ1) is 26.9. The SMILES string of the molecule is CCCCOc1ccc(-c2ccc(-c3nc(C)c(C(F)(F)F)n3COCC[Si](C)(C)C)cn2)cc1. The lowest BCUT2D eigenvalue weighted by molar-refractivity contribution is -0.146. The van der Waals surface area contributed by atoms with Gasteiger partial charge in [-0.25, -0.2) is 4.98 Å². The lowest BCUT2D eigenvalue weighted by Crippen LogP contribution is -2.23. The second-order valence-electron chi connectivity index (χ2n) is 9.80. The van der Waals surface area contributed by atoms with Crippen molar-refractivity contribution in [3.05, 3.63) is 54.0 Å². The van der Waals surface area contributed by atoms with Crippen LogP contribution in [0.2, 0.25) is 25.7 Å². The molecule has 2 heterocycles. The topological polar surface area (TPSA) is 49.2 Å². The van der Waals surface area contributed by atoms with Gasteiger partial charge in [0, 0.05) is 32.0 Å². The summed E-state index contributed by atoms with van der Waals surface area (Å²) in [4.78, 5) is 8.73. The molecule has 0 fully saturated rings. The minimum absolute atomic E-state index is 0.0796. The number of halogens is 3. The summed E-state index contributed by atoms with van der Waals surface area (Å²) in [6, 6.07) is 12.0. The molecule has 0 atom stereocenters. The normalized spacial score (nSPS) is 12.2. The summed E-state index contributed by atoms with van der Waals surface area (Å²) in [5.74, 6) is 0.992. The zero-order valence-corrected chi connectivity index (χ0v) is 22.1. The number of benzene rings is 1. The van der Waals surface area contributed by atoms with Crippen molar-refractivity contribution < 1.29 is 22.6 Å². The van der Waals surface area contributed by atoms with Crippen LogP contribution >= 0.6 is 0 Å². The molecule has 3 aromatic rings. The van der Waals surface area contributed by atoms with E-state index in [0.29, 0.717) is 24.5 Å². The number of aryl methyl sites for hydroxylation is 1. The number of ether oxygens (including phenoxy) is 2. The summed E-state index contributed by atoms with van der Waals surface area (Å²) in [5.41, 5.74) is 1.24. The summed E-state index contributed by atoms with van der Waals surface area (Å²) in [6.45, 7) is 11.0. The molecule has 0 N–H and O–H groups in total. The van der Waals surface area contributed by atoms with Gasteiger partial charge < -0.3 is 9.47 Å². The Kier molecular flexibility index (Phi) is 8.77. The van der Waals surface area contributed by atoms with Crippen molar-refractivity contribution in [3.8, 4) is 28.4 Å². The first-order valence-corrected chi connectivity index (χ1v) is 15.6. The molecule has 0 spiro atoms. The third-order valence-electron chi connectivity index (χ3n) is 5.57. The van der Waals surface area contributed by atoms with E-state index in [4.69, 9.17) is 9.47 Å². The molecule has 0 saturated carbocycles. The van der Waals surface area contributed by atoms with Crippen molar-refractivity contribution in [2.75, 3.05) is 13.2 Å². The summed E-state index contributed by atoms with van der Waals surface area (Å²) in [7, 11) is -1.36. The van der Waals surface area contributed by atoms with E-state index in [2.05, 4.69) is 36.5 Å². The number of rotatable bonds is 11. The van der Waals surface area contributed by atoms with Crippen LogP contribution in [-0.4, -0.2) is 35.8 Å². The third-order valence-corrected chi connectivity index (χ3v) is 7.27. The Bertz CT molecular complexity index is 1090. The molecule has 9 heteroatoms. The van der Waals surface area contributed by atoms with Crippen molar-refractivity contribution in [1.82, 2.24) is 14.5 Å². The highest BCUT2D eigenvalue weighted by atomic mass is 28.3. The molecule has 2 aromatic heterocycles. The van der Waals surface area contributed by atoms with Crippen LogP contribution in [0.15, 0.2) is 42.6 Å². The van der Waals surface area contributed by atoms with Crippen LogP contribution in [0.4, 0.5) is 13.2 Å². The van der Waals surface area contributed by atoms with Crippen LogP contribution in [-0.2, 0) is 17.6 Å². The molecule has 0 aliphatic rings. The van der Waals surface area contributed by atoms with E-state index < -0.39 is 19.9 Å². The molecule has 0 unspecified atom stereocenters. The minimum atomic E-state index is -4.54. The van der Waals surface area contributed by atoms with Gasteiger partial charge in [-0.2, -0.15) is 13.2 Å². The molecule has 0 aliphatic heterocycles. The predicted molar refractivity (Wildman–Crippen MR) is 135 cm³/mol. The highest BCUT2D eigenvalue weighted by molar-refractivity contribution is 6.76. The van der Waals surface area contributed by atoms with Crippen LogP contribution in [0, 0.1) is 6.92 Å². The van der Waals surface area contributed by atoms with Crippen LogP contribution in [0.25, 0.3) is 22.6 Å². The molecule has 0 aliphatic carbocycles. The predicted octanol–water partition coefficient (Wildman–Crippen LogP) is 7.43. The quantitative estimate of drug-likeness (QED) is 0.201. The number of nitrogens with zero attached hydrogens (tertiary/aromatic N) is 3. The van der Waals surface area contributed by atoms with Gasteiger partial charge in [-0.1, -0.05) is 33.0 Å². The second kappa shape index (κ2) is 11.4. The van der Waals surface area contributed by atoms with Gasteiger partial charge in [-0.3, -0.25) is 9.55 Å². The number of hydrogen-bond donors (Lipinski definition) is 0. The third kappa shape index (κ3) is 7.41. The maximum absolute atomic E-state index is 13.8. The van der Waals surface area contributed by atoms with Crippen LogP contribution < -0.4 is 4.74 Å². The average molecular weight is 506 g/mol. The zero-order valence-electron chi connectivity index (χ0n) is 21.1. The summed E-state index contributed by atoms with van der Waals surface area (Å²) in [5, 5.41) is 0. The monoisotopic (exact) mass is 505 g/mol. The van der Waals surface area contributed by atoms with E-state index in [-0.39, 0.29) is 18.2 Å². The number of hydrogen-bond acceptors (Lipinski definition) is 4. The van der Waals surface area contributed by atoms with Gasteiger partial charge in [-0.15, -0.1) is 0 Å². The van der Waals surface area contributed by atoms with Crippen molar-refractivity contribution in [2.45, 2.75) is 65.3 Å². The molecular formula is C26H34F3N3O2Si. The lowest BCUT2D eigenvalue weighted by Gasteiger charge is -2.18. The Morgan fingerprint density at radius 1 is 0.971 bits per heavy atom. The smallest absolute Gasteiger partial charge is 0.433 e. The summed E-state index contributed by atoms with van der Waals surface area (Å²) in [6.07, 6.45) is -0.909. The van der Waals surface area contributed by atoms with Crippen molar-refractivity contribution in [1.29, 1.82) is 0 Å². The highest BCUT2D eigenvalue weighted by Crippen LogP contribution is 2.35. The highest BCUT2D eigenvalue weighted by Gasteiger charge is 2.38. The van der Waals surface area contributed by atoms with E-state index in [9.17, 15) is 13.2 Å². The minimum Gasteiger partial charge on any atom is -0.494 e. The molecule has 0 amide bonds. The Morgan fingerprint density at radius 2 is 1.66 bits per heavy atom. The van der Waals surface area contributed by atoms with E-state index in [0.717, 1.165) is 34.8 Å². The van der Waals surface area contributed by atoms with Gasteiger partial charge in [0.25, 0.3) is 0 Å². The maximum Gasteiger partial charge on any atom is 0.433 e. The molecule has 1 aromatic carbocycles. The first-order chi connectivity index (χ1) is 16.5. The van der Waals surface area contributed by atoms with Crippen molar-refractivity contribution >= 4 is 8.07 Å². The lowest BCUT2D eigenvalue weighted by atomic mass is 10.1. The number of imidazole rings is 1. The zero-order chi connectivity index (χ0) is 25.6. The number of alkyl halides is 3. The molecule has 3 rings (SSSR count). The molecule has 0 saturated heterocycles. The Hall–Kier alpha value is -2.65. The second-order valence-corrected chi connectivity index (χ2v) is 15.4. The van der Waals surface area contributed by atoms with E-state index >= 15 is 0 Å². The molecule has 35 heavy (non-hydrogen) atoms. The Morgan fingerprint density at radius 3 is 2.23 bits per heavy atom. The van der Waals surface area contributed by atoms with E-state index in [1.54, 1.807) is 18.3 Å². The summed E-state index contributed by atoms with van der Waals surface area (Å²) < 4.78 is 53.9. The average Bonchev–Trinajstić information content (AvgIpc) is 3.13. The van der Waals surface area contributed by atoms with Gasteiger partial charge in [0.1, 0.15) is 24.0 Å². The number of unbranched alkanes of at least 4 members (excludes halogenated alkanes) is 1. The van der Waals surface area contributed by atoms with Crippen LogP contribution in [0.1, 0.15) is 31.2 Å². The molecule has 0 bridgehead atoms. The maximum atomic E-state index is 13.8. The van der Waals surface area contributed by atoms with Crippen molar-refractivity contribution in [2.24, 2.45) is 0 Å². The number of pyridine rings is 1. The standard InChI is InChI=1S/C26H34F3N3O2Si/c1-6-7-14-34-22-11-8-20(9-12-22)23-13-10-21(17-30-23)25-31-19(2)24(26(27,28)29)32(25)18-33-15-16-35(3,4)5/h8-13,17H,6-7,14-16,18H2,1-5H3. The van der Waals surface area contributed by atoms with Gasteiger partial charge in [-0.05, 0) is 55.8 Å². The van der Waals surface area contributed by atoms with Gasteiger partial charge in [0.2, 0.25) is 0 Å². The molecular weight excluding hydrogens is 471 g/mol. The van der Waals surface area contributed by atoms with Gasteiger partial charge >= 0.3 is 6.18 Å². The van der Waals surface area contributed by atoms with Gasteiger partial charge in [0.15, 0.2) is 0 Å². The molecule has 190 valence electrons. The Labute approximate surface area is 206 Å².